The number of aromatic nitrogens is 2. The number of nitrogens with one attached hydrogen (secondary N) is 1. The Morgan fingerprint density at radius 3 is 2.67 bits per heavy atom. The van der Waals surface area contributed by atoms with Crippen molar-refractivity contribution in [3.63, 3.8) is 0 Å². The highest BCUT2D eigenvalue weighted by Gasteiger charge is 2.19. The molecular formula is C14H26N4. The highest BCUT2D eigenvalue weighted by Crippen LogP contribution is 2.19. The summed E-state index contributed by atoms with van der Waals surface area (Å²) in [5.41, 5.74) is 2.67. The van der Waals surface area contributed by atoms with Gasteiger partial charge in [-0.25, -0.2) is 0 Å². The van der Waals surface area contributed by atoms with Gasteiger partial charge in [-0.3, -0.25) is 9.58 Å². The maximum absolute atomic E-state index is 4.32. The molecule has 1 fully saturated rings. The van der Waals surface area contributed by atoms with Gasteiger partial charge in [-0.15, -0.1) is 0 Å². The van der Waals surface area contributed by atoms with Crippen LogP contribution in [0.3, 0.4) is 0 Å². The van der Waals surface area contributed by atoms with E-state index in [1.54, 1.807) is 0 Å². The molecule has 0 unspecified atom stereocenters. The molecule has 1 saturated heterocycles. The van der Waals surface area contributed by atoms with Crippen LogP contribution in [-0.4, -0.2) is 40.9 Å². The first-order valence-electron chi connectivity index (χ1n) is 7.11. The van der Waals surface area contributed by atoms with Gasteiger partial charge in [-0.2, -0.15) is 5.10 Å². The number of hydrogen-bond acceptors (Lipinski definition) is 3. The highest BCUT2D eigenvalue weighted by atomic mass is 15.3. The zero-order valence-corrected chi connectivity index (χ0v) is 11.9. The van der Waals surface area contributed by atoms with Crippen LogP contribution in [0.5, 0.6) is 0 Å². The molecule has 1 aliphatic heterocycles. The van der Waals surface area contributed by atoms with Gasteiger partial charge in [0.15, 0.2) is 0 Å². The van der Waals surface area contributed by atoms with Gasteiger partial charge in [0.2, 0.25) is 0 Å². The van der Waals surface area contributed by atoms with E-state index in [0.29, 0.717) is 0 Å². The molecule has 0 aliphatic carbocycles. The summed E-state index contributed by atoms with van der Waals surface area (Å²) in [4.78, 5) is 2.56. The van der Waals surface area contributed by atoms with Crippen molar-refractivity contribution < 1.29 is 0 Å². The van der Waals surface area contributed by atoms with Crippen LogP contribution in [0.4, 0.5) is 0 Å². The van der Waals surface area contributed by atoms with Crippen LogP contribution in [0.2, 0.25) is 0 Å². The van der Waals surface area contributed by atoms with Crippen LogP contribution in [0.15, 0.2) is 6.20 Å². The van der Waals surface area contributed by atoms with E-state index in [4.69, 9.17) is 0 Å². The minimum atomic E-state index is 0.871. The number of rotatable bonds is 5. The Morgan fingerprint density at radius 1 is 1.39 bits per heavy atom. The van der Waals surface area contributed by atoms with Gasteiger partial charge in [-0.05, 0) is 51.9 Å². The molecule has 0 bridgehead atoms. The van der Waals surface area contributed by atoms with E-state index >= 15 is 0 Å². The number of hydrogen-bond donors (Lipinski definition) is 1. The molecule has 0 amide bonds. The van der Waals surface area contributed by atoms with E-state index < -0.39 is 0 Å². The molecular weight excluding hydrogens is 224 g/mol. The smallest absolute Gasteiger partial charge is 0.0537 e. The zero-order valence-electron chi connectivity index (χ0n) is 11.9. The van der Waals surface area contributed by atoms with Crippen molar-refractivity contribution in [2.45, 2.75) is 33.2 Å². The molecule has 2 rings (SSSR count). The second-order valence-electron chi connectivity index (χ2n) is 5.41. The fraction of sp³-hybridized carbons (Fsp3) is 0.786. The third-order valence-electron chi connectivity index (χ3n) is 4.12. The van der Waals surface area contributed by atoms with Crippen molar-refractivity contribution in [1.29, 1.82) is 0 Å². The van der Waals surface area contributed by atoms with Crippen LogP contribution in [0.25, 0.3) is 0 Å². The van der Waals surface area contributed by atoms with E-state index in [9.17, 15) is 0 Å². The van der Waals surface area contributed by atoms with Crippen LogP contribution in [0.1, 0.15) is 31.0 Å². The van der Waals surface area contributed by atoms with Crippen molar-refractivity contribution in [3.8, 4) is 0 Å². The number of nitrogens with zero attached hydrogens (tertiary/aromatic N) is 3. The van der Waals surface area contributed by atoms with Gasteiger partial charge < -0.3 is 5.32 Å². The molecule has 1 aromatic heterocycles. The van der Waals surface area contributed by atoms with E-state index in [1.807, 2.05) is 17.9 Å². The quantitative estimate of drug-likeness (QED) is 0.861. The summed E-state index contributed by atoms with van der Waals surface area (Å²) in [6, 6.07) is 0. The largest absolute Gasteiger partial charge is 0.317 e. The lowest BCUT2D eigenvalue weighted by molar-refractivity contribution is 0.175. The predicted molar refractivity (Wildman–Crippen MR) is 74.5 cm³/mol. The van der Waals surface area contributed by atoms with Crippen LogP contribution in [0, 0.1) is 12.8 Å². The molecule has 1 aromatic rings. The van der Waals surface area contributed by atoms with Gasteiger partial charge in [-0.1, -0.05) is 6.92 Å². The first-order valence-corrected chi connectivity index (χ1v) is 7.11. The van der Waals surface area contributed by atoms with Gasteiger partial charge in [0.1, 0.15) is 0 Å². The lowest BCUT2D eigenvalue weighted by Gasteiger charge is -2.31. The number of aryl methyl sites for hydroxylation is 1. The Labute approximate surface area is 110 Å². The Morgan fingerprint density at radius 2 is 2.11 bits per heavy atom. The standard InChI is InChI=1S/C14H26N4/c1-4-15-9-13-5-7-18(8-6-13)11-14-10-16-17(3)12(14)2/h10,13,15H,4-9,11H2,1-3H3. The molecule has 2 heterocycles. The first-order chi connectivity index (χ1) is 8.70. The molecule has 102 valence electrons. The third kappa shape index (κ3) is 3.33. The maximum atomic E-state index is 4.32. The summed E-state index contributed by atoms with van der Waals surface area (Å²) in [6.07, 6.45) is 4.67. The minimum absolute atomic E-state index is 0.871. The second kappa shape index (κ2) is 6.34. The zero-order chi connectivity index (χ0) is 13.0. The lowest BCUT2D eigenvalue weighted by atomic mass is 9.96. The molecule has 0 aromatic carbocycles. The van der Waals surface area contributed by atoms with Crippen molar-refractivity contribution in [2.75, 3.05) is 26.2 Å². The fourth-order valence-electron chi connectivity index (χ4n) is 2.64. The van der Waals surface area contributed by atoms with Crippen molar-refractivity contribution >= 4 is 0 Å². The van der Waals surface area contributed by atoms with Gasteiger partial charge in [0, 0.05) is 24.8 Å². The third-order valence-corrected chi connectivity index (χ3v) is 4.12. The Bertz CT molecular complexity index is 364. The molecule has 0 spiro atoms. The Kier molecular flexibility index (Phi) is 4.78. The normalized spacial score (nSPS) is 18.4. The Hall–Kier alpha value is -0.870. The first kappa shape index (κ1) is 13.6. The summed E-state index contributed by atoms with van der Waals surface area (Å²) in [7, 11) is 2.02. The average molecular weight is 250 g/mol. The second-order valence-corrected chi connectivity index (χ2v) is 5.41. The molecule has 1 aliphatic rings. The topological polar surface area (TPSA) is 33.1 Å². The molecule has 18 heavy (non-hydrogen) atoms. The van der Waals surface area contributed by atoms with E-state index in [-0.39, 0.29) is 0 Å². The minimum Gasteiger partial charge on any atom is -0.317 e. The van der Waals surface area contributed by atoms with E-state index in [1.165, 1.54) is 43.7 Å². The van der Waals surface area contributed by atoms with Gasteiger partial charge >= 0.3 is 0 Å². The van der Waals surface area contributed by atoms with Crippen molar-refractivity contribution in [1.82, 2.24) is 20.0 Å². The monoisotopic (exact) mass is 250 g/mol. The molecule has 1 N–H and O–H groups in total. The van der Waals surface area contributed by atoms with Crippen molar-refractivity contribution in [2.24, 2.45) is 13.0 Å². The molecule has 4 heteroatoms. The maximum Gasteiger partial charge on any atom is 0.0537 e. The van der Waals surface area contributed by atoms with E-state index in [2.05, 4.69) is 29.2 Å². The summed E-state index contributed by atoms with van der Waals surface area (Å²) < 4.78 is 1.97. The molecule has 0 radical (unpaired) electrons. The fourth-order valence-corrected chi connectivity index (χ4v) is 2.64. The van der Waals surface area contributed by atoms with Crippen LogP contribution >= 0.6 is 0 Å². The lowest BCUT2D eigenvalue weighted by Crippen LogP contribution is -2.36. The summed E-state index contributed by atoms with van der Waals surface area (Å²) in [5, 5.41) is 7.78. The summed E-state index contributed by atoms with van der Waals surface area (Å²) >= 11 is 0. The van der Waals surface area contributed by atoms with Crippen molar-refractivity contribution in [3.05, 3.63) is 17.5 Å². The number of piperidine rings is 1. The predicted octanol–water partition coefficient (Wildman–Crippen LogP) is 1.55. The van der Waals surface area contributed by atoms with Crippen LogP contribution < -0.4 is 5.32 Å². The summed E-state index contributed by atoms with van der Waals surface area (Å²) in [6.45, 7) is 10.1. The average Bonchev–Trinajstić information content (AvgIpc) is 2.70. The molecule has 0 saturated carbocycles. The van der Waals surface area contributed by atoms with E-state index in [0.717, 1.165) is 19.0 Å². The molecule has 0 atom stereocenters. The Balaban J connectivity index is 1.78. The van der Waals surface area contributed by atoms with Gasteiger partial charge in [0.25, 0.3) is 0 Å². The highest BCUT2D eigenvalue weighted by molar-refractivity contribution is 5.15. The summed E-state index contributed by atoms with van der Waals surface area (Å²) in [5.74, 6) is 0.871. The van der Waals surface area contributed by atoms with Crippen LogP contribution in [-0.2, 0) is 13.6 Å². The van der Waals surface area contributed by atoms with Gasteiger partial charge in [0.05, 0.1) is 6.20 Å². The SMILES string of the molecule is CCNCC1CCN(Cc2cnn(C)c2C)CC1. The molecule has 4 nitrogen and oxygen atoms in total. The number of likely N-dealkylation sites (tertiary alicyclic amines) is 1.